The number of carboxylic acid groups (broad SMARTS) is 1. The van der Waals surface area contributed by atoms with Crippen LogP contribution in [0.4, 0.5) is 0 Å². The van der Waals surface area contributed by atoms with E-state index >= 15 is 0 Å². The van der Waals surface area contributed by atoms with Crippen LogP contribution in [-0.2, 0) is 11.8 Å². The molecule has 0 spiro atoms. The fourth-order valence-corrected chi connectivity index (χ4v) is 1.95. The third-order valence-corrected chi connectivity index (χ3v) is 2.76. The van der Waals surface area contributed by atoms with Crippen LogP contribution in [0.1, 0.15) is 18.0 Å². The lowest BCUT2D eigenvalue weighted by molar-refractivity contribution is -0.137. The molecule has 0 bridgehead atoms. The molecule has 3 N–H and O–H groups in total. The number of hydrogen-bond donors (Lipinski definition) is 2. The van der Waals surface area contributed by atoms with Crippen molar-refractivity contribution in [2.75, 3.05) is 0 Å². The number of aryl methyl sites for hydroxylation is 1. The summed E-state index contributed by atoms with van der Waals surface area (Å²) in [5, 5.41) is 9.76. The number of hydrogen-bond acceptors (Lipinski definition) is 2. The lowest BCUT2D eigenvalue weighted by Crippen LogP contribution is -2.15. The summed E-state index contributed by atoms with van der Waals surface area (Å²) in [5.74, 6) is -0.875. The normalized spacial score (nSPS) is 12.9. The minimum atomic E-state index is -0.875. The van der Waals surface area contributed by atoms with Crippen LogP contribution >= 0.6 is 0 Å². The van der Waals surface area contributed by atoms with E-state index in [0.717, 1.165) is 16.5 Å². The Kier molecular flexibility index (Phi) is 2.66. The van der Waals surface area contributed by atoms with Gasteiger partial charge in [-0.1, -0.05) is 12.1 Å². The molecule has 0 aliphatic rings. The minimum absolute atomic E-state index is 0.0476. The van der Waals surface area contributed by atoms with Gasteiger partial charge in [0.05, 0.1) is 6.42 Å². The third kappa shape index (κ3) is 1.79. The van der Waals surface area contributed by atoms with Crippen LogP contribution in [0.5, 0.6) is 0 Å². The summed E-state index contributed by atoms with van der Waals surface area (Å²) in [4.78, 5) is 10.6. The first-order valence-corrected chi connectivity index (χ1v) is 5.11. The maximum Gasteiger partial charge on any atom is 0.305 e. The molecule has 0 fully saturated rings. The summed E-state index contributed by atoms with van der Waals surface area (Å²) in [7, 11) is 1.95. The zero-order chi connectivity index (χ0) is 11.7. The third-order valence-electron chi connectivity index (χ3n) is 2.76. The number of nitrogens with zero attached hydrogens (tertiary/aromatic N) is 1. The molecule has 1 atom stereocenters. The molecular formula is C12H14N2O2. The molecule has 0 saturated heterocycles. The highest BCUT2D eigenvalue weighted by Gasteiger charge is 2.14. The van der Waals surface area contributed by atoms with Crippen molar-refractivity contribution in [1.29, 1.82) is 0 Å². The number of fused-ring (bicyclic) bond motifs is 1. The quantitative estimate of drug-likeness (QED) is 0.823. The van der Waals surface area contributed by atoms with Crippen molar-refractivity contribution in [3.8, 4) is 0 Å². The summed E-state index contributed by atoms with van der Waals surface area (Å²) in [6, 6.07) is 7.29. The van der Waals surface area contributed by atoms with Crippen molar-refractivity contribution in [3.05, 3.63) is 36.0 Å². The second-order valence-electron chi connectivity index (χ2n) is 3.91. The van der Waals surface area contributed by atoms with Gasteiger partial charge in [0.2, 0.25) is 0 Å². The highest BCUT2D eigenvalue weighted by atomic mass is 16.4. The Balaban J connectivity index is 2.48. The van der Waals surface area contributed by atoms with E-state index in [4.69, 9.17) is 10.8 Å². The highest BCUT2D eigenvalue weighted by Crippen LogP contribution is 2.25. The lowest BCUT2D eigenvalue weighted by Gasteiger charge is -2.11. The molecule has 0 aliphatic carbocycles. The second kappa shape index (κ2) is 3.98. The fraction of sp³-hybridized carbons (Fsp3) is 0.250. The molecule has 1 heterocycles. The highest BCUT2D eigenvalue weighted by molar-refractivity contribution is 5.84. The average Bonchev–Trinajstić information content (AvgIpc) is 2.59. The van der Waals surface area contributed by atoms with E-state index in [0.29, 0.717) is 0 Å². The van der Waals surface area contributed by atoms with Gasteiger partial charge in [0.25, 0.3) is 0 Å². The number of carboxylic acids is 1. The number of benzene rings is 1. The van der Waals surface area contributed by atoms with E-state index in [-0.39, 0.29) is 6.42 Å². The molecule has 0 aliphatic heterocycles. The van der Waals surface area contributed by atoms with E-state index in [1.807, 2.05) is 42.1 Å². The van der Waals surface area contributed by atoms with E-state index < -0.39 is 12.0 Å². The van der Waals surface area contributed by atoms with Gasteiger partial charge in [0.1, 0.15) is 0 Å². The molecule has 84 valence electrons. The molecule has 1 aromatic heterocycles. The Morgan fingerprint density at radius 1 is 1.50 bits per heavy atom. The van der Waals surface area contributed by atoms with Gasteiger partial charge in [-0.3, -0.25) is 4.79 Å². The zero-order valence-corrected chi connectivity index (χ0v) is 9.05. The van der Waals surface area contributed by atoms with E-state index in [1.54, 1.807) is 0 Å². The van der Waals surface area contributed by atoms with E-state index in [1.165, 1.54) is 0 Å². The van der Waals surface area contributed by atoms with Crippen molar-refractivity contribution >= 4 is 16.9 Å². The predicted molar refractivity (Wildman–Crippen MR) is 62.1 cm³/mol. The van der Waals surface area contributed by atoms with Crippen LogP contribution in [0.25, 0.3) is 10.9 Å². The molecule has 0 saturated carbocycles. The number of carbonyl (C=O) groups is 1. The first-order valence-electron chi connectivity index (χ1n) is 5.11. The van der Waals surface area contributed by atoms with Crippen molar-refractivity contribution in [2.24, 2.45) is 12.8 Å². The first kappa shape index (κ1) is 10.7. The monoisotopic (exact) mass is 218 g/mol. The number of rotatable bonds is 3. The van der Waals surface area contributed by atoms with Crippen molar-refractivity contribution < 1.29 is 9.90 Å². The van der Waals surface area contributed by atoms with Crippen molar-refractivity contribution in [3.63, 3.8) is 0 Å². The molecule has 1 unspecified atom stereocenters. The topological polar surface area (TPSA) is 68.2 Å². The van der Waals surface area contributed by atoms with Crippen LogP contribution in [0, 0.1) is 0 Å². The average molecular weight is 218 g/mol. The molecule has 4 nitrogen and oxygen atoms in total. The molecule has 2 aromatic rings. The molecule has 1 aromatic carbocycles. The summed E-state index contributed by atoms with van der Waals surface area (Å²) in [6.07, 6.45) is 1.90. The van der Waals surface area contributed by atoms with Gasteiger partial charge in [-0.25, -0.2) is 0 Å². The van der Waals surface area contributed by atoms with Crippen LogP contribution < -0.4 is 5.73 Å². The van der Waals surface area contributed by atoms with Gasteiger partial charge >= 0.3 is 5.97 Å². The summed E-state index contributed by atoms with van der Waals surface area (Å²) in [5.41, 5.74) is 7.84. The Morgan fingerprint density at radius 2 is 2.25 bits per heavy atom. The van der Waals surface area contributed by atoms with Crippen LogP contribution in [-0.4, -0.2) is 15.6 Å². The van der Waals surface area contributed by atoms with E-state index in [2.05, 4.69) is 0 Å². The van der Waals surface area contributed by atoms with Crippen LogP contribution in [0.2, 0.25) is 0 Å². The zero-order valence-electron chi connectivity index (χ0n) is 9.05. The maximum absolute atomic E-state index is 10.6. The molecule has 2 rings (SSSR count). The van der Waals surface area contributed by atoms with Gasteiger partial charge in [-0.2, -0.15) is 0 Å². The van der Waals surface area contributed by atoms with Crippen LogP contribution in [0.15, 0.2) is 30.5 Å². The van der Waals surface area contributed by atoms with Gasteiger partial charge in [0, 0.05) is 30.2 Å². The molecule has 4 heteroatoms. The van der Waals surface area contributed by atoms with Crippen molar-refractivity contribution in [2.45, 2.75) is 12.5 Å². The lowest BCUT2D eigenvalue weighted by atomic mass is 10.0. The van der Waals surface area contributed by atoms with Gasteiger partial charge in [-0.15, -0.1) is 0 Å². The predicted octanol–water partition coefficient (Wildman–Crippen LogP) is 1.65. The van der Waals surface area contributed by atoms with Gasteiger partial charge in [0.15, 0.2) is 0 Å². The molecule has 0 radical (unpaired) electrons. The Labute approximate surface area is 93.3 Å². The fourth-order valence-electron chi connectivity index (χ4n) is 1.95. The largest absolute Gasteiger partial charge is 0.481 e. The van der Waals surface area contributed by atoms with Gasteiger partial charge < -0.3 is 15.4 Å². The molecular weight excluding hydrogens is 204 g/mol. The SMILES string of the molecule is Cn1ccc2c(C(N)CC(=O)O)cccc21. The smallest absolute Gasteiger partial charge is 0.305 e. The number of nitrogens with two attached hydrogens (primary N) is 1. The Morgan fingerprint density at radius 3 is 2.94 bits per heavy atom. The van der Waals surface area contributed by atoms with Crippen LogP contribution in [0.3, 0.4) is 0 Å². The maximum atomic E-state index is 10.6. The van der Waals surface area contributed by atoms with Gasteiger partial charge in [-0.05, 0) is 17.7 Å². The Hall–Kier alpha value is -1.81. The van der Waals surface area contributed by atoms with Crippen molar-refractivity contribution in [1.82, 2.24) is 4.57 Å². The first-order chi connectivity index (χ1) is 7.59. The van der Waals surface area contributed by atoms with E-state index in [9.17, 15) is 4.79 Å². The number of aliphatic carboxylic acids is 1. The second-order valence-corrected chi connectivity index (χ2v) is 3.91. The Bertz CT molecular complexity index is 531. The number of aromatic nitrogens is 1. The standard InChI is InChI=1S/C12H14N2O2/c1-14-6-5-9-8(3-2-4-11(9)14)10(13)7-12(15)16/h2-6,10H,7,13H2,1H3,(H,15,16). The summed E-state index contributed by atoms with van der Waals surface area (Å²) >= 11 is 0. The summed E-state index contributed by atoms with van der Waals surface area (Å²) in [6.45, 7) is 0. The molecule has 0 amide bonds. The summed E-state index contributed by atoms with van der Waals surface area (Å²) < 4.78 is 1.99. The molecule has 16 heavy (non-hydrogen) atoms. The minimum Gasteiger partial charge on any atom is -0.481 e.